The number of amides is 2. The van der Waals surface area contributed by atoms with Crippen molar-refractivity contribution in [1.82, 2.24) is 20.6 Å². The van der Waals surface area contributed by atoms with Crippen molar-refractivity contribution in [2.24, 2.45) is 0 Å². The lowest BCUT2D eigenvalue weighted by Gasteiger charge is -2.18. The number of hydrogen-bond acceptors (Lipinski definition) is 7. The largest absolute Gasteiger partial charge is 0.486 e. The van der Waals surface area contributed by atoms with E-state index in [0.29, 0.717) is 30.5 Å². The molecule has 3 heterocycles. The summed E-state index contributed by atoms with van der Waals surface area (Å²) < 4.78 is 16.4. The van der Waals surface area contributed by atoms with Gasteiger partial charge in [-0.25, -0.2) is 9.97 Å². The Morgan fingerprint density at radius 3 is 2.30 bits per heavy atom. The fourth-order valence-electron chi connectivity index (χ4n) is 2.91. The van der Waals surface area contributed by atoms with E-state index in [9.17, 15) is 9.59 Å². The first-order valence-corrected chi connectivity index (χ1v) is 9.41. The van der Waals surface area contributed by atoms with Crippen LogP contribution in [0, 0.1) is 6.92 Å². The fourth-order valence-corrected chi connectivity index (χ4v) is 2.91. The van der Waals surface area contributed by atoms with E-state index >= 15 is 0 Å². The molecule has 0 saturated heterocycles. The second-order valence-electron chi connectivity index (χ2n) is 6.64. The third-order valence-corrected chi connectivity index (χ3v) is 4.41. The molecule has 154 valence electrons. The van der Waals surface area contributed by atoms with Gasteiger partial charge < -0.3 is 24.5 Å². The Kier molecular flexibility index (Phi) is 5.60. The maximum Gasteiger partial charge on any atom is 0.270 e. The van der Waals surface area contributed by atoms with Gasteiger partial charge in [-0.2, -0.15) is 0 Å². The highest BCUT2D eigenvalue weighted by atomic mass is 16.6. The van der Waals surface area contributed by atoms with Gasteiger partial charge in [0.1, 0.15) is 42.4 Å². The predicted molar refractivity (Wildman–Crippen MR) is 105 cm³/mol. The molecule has 9 nitrogen and oxygen atoms in total. The number of nitrogens with one attached hydrogen (secondary N) is 2. The summed E-state index contributed by atoms with van der Waals surface area (Å²) in [5, 5.41) is 5.48. The van der Waals surface area contributed by atoms with Crippen LogP contribution in [0.15, 0.2) is 47.1 Å². The minimum absolute atomic E-state index is 0.0951. The van der Waals surface area contributed by atoms with Crippen LogP contribution in [0.1, 0.15) is 38.1 Å². The third-order valence-electron chi connectivity index (χ3n) is 4.41. The molecule has 1 aliphatic heterocycles. The summed E-state index contributed by atoms with van der Waals surface area (Å²) in [5.41, 5.74) is 1.05. The molecule has 0 radical (unpaired) electrons. The maximum atomic E-state index is 12.5. The van der Waals surface area contributed by atoms with E-state index in [0.717, 1.165) is 11.3 Å². The molecular weight excluding hydrogens is 388 g/mol. The maximum absolute atomic E-state index is 12.5. The van der Waals surface area contributed by atoms with Crippen molar-refractivity contribution < 1.29 is 23.5 Å². The number of carbonyl (C=O) groups is 2. The summed E-state index contributed by atoms with van der Waals surface area (Å²) in [4.78, 5) is 32.7. The molecule has 2 N–H and O–H groups in total. The van der Waals surface area contributed by atoms with Crippen LogP contribution in [0.4, 0.5) is 0 Å². The number of ether oxygens (including phenoxy) is 2. The molecule has 4 rings (SSSR count). The molecule has 3 aromatic rings. The van der Waals surface area contributed by atoms with Crippen molar-refractivity contribution in [2.75, 3.05) is 13.2 Å². The molecule has 1 aromatic carbocycles. The molecule has 0 fully saturated rings. The minimum atomic E-state index is -0.424. The van der Waals surface area contributed by atoms with Gasteiger partial charge in [-0.3, -0.25) is 9.59 Å². The average Bonchev–Trinajstić information content (AvgIpc) is 3.20. The lowest BCUT2D eigenvalue weighted by Crippen LogP contribution is -2.27. The highest BCUT2D eigenvalue weighted by molar-refractivity contribution is 5.97. The van der Waals surface area contributed by atoms with Crippen molar-refractivity contribution >= 4 is 11.8 Å². The second kappa shape index (κ2) is 8.64. The molecule has 0 bridgehead atoms. The molecule has 0 unspecified atom stereocenters. The molecule has 9 heteroatoms. The molecule has 1 aliphatic rings. The standard InChI is InChI=1S/C21H20N4O5/c1-13-2-4-15(30-13)11-23-21(27)17-9-16(24-12-25-17)20(26)22-10-14-3-5-18-19(8-14)29-7-6-28-18/h2-5,8-9,12H,6-7,10-11H2,1H3,(H,22,26)(H,23,27). The van der Waals surface area contributed by atoms with Crippen LogP contribution >= 0.6 is 0 Å². The number of furan rings is 1. The fraction of sp³-hybridized carbons (Fsp3) is 0.238. The zero-order valence-electron chi connectivity index (χ0n) is 16.3. The van der Waals surface area contributed by atoms with Gasteiger partial charge in [0.05, 0.1) is 6.54 Å². The summed E-state index contributed by atoms with van der Waals surface area (Å²) in [6.07, 6.45) is 1.19. The van der Waals surface area contributed by atoms with Gasteiger partial charge in [-0.15, -0.1) is 0 Å². The van der Waals surface area contributed by atoms with E-state index in [1.54, 1.807) is 6.07 Å². The van der Waals surface area contributed by atoms with Gasteiger partial charge in [-0.1, -0.05) is 6.07 Å². The summed E-state index contributed by atoms with van der Waals surface area (Å²) in [7, 11) is 0. The Morgan fingerprint density at radius 1 is 0.900 bits per heavy atom. The van der Waals surface area contributed by atoms with Crippen LogP contribution in [-0.2, 0) is 13.1 Å². The lowest BCUT2D eigenvalue weighted by atomic mass is 10.2. The number of benzene rings is 1. The number of nitrogens with zero attached hydrogens (tertiary/aromatic N) is 2. The first-order chi connectivity index (χ1) is 14.6. The van der Waals surface area contributed by atoms with Crippen molar-refractivity contribution in [1.29, 1.82) is 0 Å². The monoisotopic (exact) mass is 408 g/mol. The molecule has 30 heavy (non-hydrogen) atoms. The lowest BCUT2D eigenvalue weighted by molar-refractivity contribution is 0.0942. The number of carbonyl (C=O) groups excluding carboxylic acids is 2. The van der Waals surface area contributed by atoms with Crippen LogP contribution in [-0.4, -0.2) is 35.0 Å². The Balaban J connectivity index is 1.35. The quantitative estimate of drug-likeness (QED) is 0.641. The highest BCUT2D eigenvalue weighted by Crippen LogP contribution is 2.30. The van der Waals surface area contributed by atoms with Gasteiger partial charge in [0.2, 0.25) is 0 Å². The Morgan fingerprint density at radius 2 is 1.60 bits per heavy atom. The van der Waals surface area contributed by atoms with Crippen molar-refractivity contribution in [3.8, 4) is 11.5 Å². The first kappa shape index (κ1) is 19.4. The summed E-state index contributed by atoms with van der Waals surface area (Å²) in [6.45, 7) is 3.34. The average molecular weight is 408 g/mol. The molecule has 0 saturated carbocycles. The SMILES string of the molecule is Cc1ccc(CNC(=O)c2cc(C(=O)NCc3ccc4c(c3)OCCO4)ncn2)o1. The Bertz CT molecular complexity index is 1080. The van der Waals surface area contributed by atoms with Crippen LogP contribution in [0.3, 0.4) is 0 Å². The zero-order chi connectivity index (χ0) is 20.9. The van der Waals surface area contributed by atoms with E-state index < -0.39 is 11.8 Å². The number of hydrogen-bond donors (Lipinski definition) is 2. The molecule has 0 atom stereocenters. The van der Waals surface area contributed by atoms with E-state index in [4.69, 9.17) is 13.9 Å². The van der Waals surface area contributed by atoms with Gasteiger partial charge in [0, 0.05) is 12.6 Å². The van der Waals surface area contributed by atoms with E-state index in [1.807, 2.05) is 31.2 Å². The Hall–Kier alpha value is -3.88. The summed E-state index contributed by atoms with van der Waals surface area (Å²) in [6, 6.07) is 10.4. The summed E-state index contributed by atoms with van der Waals surface area (Å²) in [5.74, 6) is 1.90. The minimum Gasteiger partial charge on any atom is -0.486 e. The Labute approximate surface area is 172 Å². The van der Waals surface area contributed by atoms with E-state index in [2.05, 4.69) is 20.6 Å². The van der Waals surface area contributed by atoms with Crippen LogP contribution < -0.4 is 20.1 Å². The van der Waals surface area contributed by atoms with Gasteiger partial charge >= 0.3 is 0 Å². The predicted octanol–water partition coefficient (Wildman–Crippen LogP) is 2.01. The van der Waals surface area contributed by atoms with Crippen molar-refractivity contribution in [3.05, 3.63) is 71.2 Å². The molecular formula is C21H20N4O5. The number of fused-ring (bicyclic) bond motifs is 1. The van der Waals surface area contributed by atoms with Crippen LogP contribution in [0.5, 0.6) is 11.5 Å². The normalized spacial score (nSPS) is 12.3. The van der Waals surface area contributed by atoms with E-state index in [-0.39, 0.29) is 24.5 Å². The molecule has 0 aliphatic carbocycles. The number of rotatable bonds is 6. The van der Waals surface area contributed by atoms with E-state index in [1.165, 1.54) is 12.4 Å². The van der Waals surface area contributed by atoms with Gasteiger partial charge in [0.15, 0.2) is 11.5 Å². The van der Waals surface area contributed by atoms with Gasteiger partial charge in [-0.05, 0) is 36.8 Å². The first-order valence-electron chi connectivity index (χ1n) is 9.41. The third kappa shape index (κ3) is 4.57. The zero-order valence-corrected chi connectivity index (χ0v) is 16.3. The second-order valence-corrected chi connectivity index (χ2v) is 6.64. The smallest absolute Gasteiger partial charge is 0.270 e. The van der Waals surface area contributed by atoms with Crippen LogP contribution in [0.25, 0.3) is 0 Å². The van der Waals surface area contributed by atoms with Crippen molar-refractivity contribution in [2.45, 2.75) is 20.0 Å². The molecule has 2 aromatic heterocycles. The van der Waals surface area contributed by atoms with Crippen molar-refractivity contribution in [3.63, 3.8) is 0 Å². The van der Waals surface area contributed by atoms with Gasteiger partial charge in [0.25, 0.3) is 11.8 Å². The number of aromatic nitrogens is 2. The number of aryl methyl sites for hydroxylation is 1. The molecule has 0 spiro atoms. The molecule has 2 amide bonds. The topological polar surface area (TPSA) is 116 Å². The summed E-state index contributed by atoms with van der Waals surface area (Å²) >= 11 is 0. The van der Waals surface area contributed by atoms with Crippen LogP contribution in [0.2, 0.25) is 0 Å². The highest BCUT2D eigenvalue weighted by Gasteiger charge is 2.15.